The summed E-state index contributed by atoms with van der Waals surface area (Å²) in [5.41, 5.74) is 1.12. The zero-order valence-corrected chi connectivity index (χ0v) is 6.66. The molecular formula is C8H6N4O. The average molecular weight is 174 g/mol. The van der Waals surface area contributed by atoms with Gasteiger partial charge >= 0.3 is 0 Å². The summed E-state index contributed by atoms with van der Waals surface area (Å²) in [5.74, 6) is 0. The van der Waals surface area contributed by atoms with E-state index in [-0.39, 0.29) is 0 Å². The second-order valence-electron chi connectivity index (χ2n) is 2.40. The highest BCUT2D eigenvalue weighted by Gasteiger charge is 1.98. The van der Waals surface area contributed by atoms with E-state index in [1.54, 1.807) is 29.3 Å². The molecule has 0 aliphatic rings. The second kappa shape index (κ2) is 3.14. The molecule has 0 amide bonds. The van der Waals surface area contributed by atoms with Crippen LogP contribution in [0.25, 0.3) is 5.69 Å². The third-order valence-electron chi connectivity index (χ3n) is 1.54. The number of aldehydes is 1. The van der Waals surface area contributed by atoms with E-state index in [2.05, 4.69) is 15.1 Å². The Kier molecular flexibility index (Phi) is 1.84. The molecule has 0 aliphatic carbocycles. The highest BCUT2D eigenvalue weighted by Crippen LogP contribution is 2.02. The SMILES string of the molecule is O=Cc1ccn(-c2cncnc2)n1. The average Bonchev–Trinajstić information content (AvgIpc) is 2.67. The molecule has 0 atom stereocenters. The van der Waals surface area contributed by atoms with Gasteiger partial charge in [0.2, 0.25) is 0 Å². The first kappa shape index (κ1) is 7.60. The normalized spacial score (nSPS) is 9.85. The second-order valence-corrected chi connectivity index (χ2v) is 2.40. The Balaban J connectivity index is 2.41. The minimum Gasteiger partial charge on any atom is -0.296 e. The van der Waals surface area contributed by atoms with Crippen LogP contribution in [0.3, 0.4) is 0 Å². The first-order chi connectivity index (χ1) is 6.40. The summed E-state index contributed by atoms with van der Waals surface area (Å²) in [4.78, 5) is 18.0. The molecule has 2 aromatic heterocycles. The van der Waals surface area contributed by atoms with Crippen molar-refractivity contribution >= 4 is 6.29 Å². The van der Waals surface area contributed by atoms with E-state index in [4.69, 9.17) is 0 Å². The van der Waals surface area contributed by atoms with Gasteiger partial charge in [-0.1, -0.05) is 0 Å². The molecule has 64 valence electrons. The molecule has 0 unspecified atom stereocenters. The van der Waals surface area contributed by atoms with Crippen molar-refractivity contribution in [3.05, 3.63) is 36.7 Å². The first-order valence-electron chi connectivity index (χ1n) is 3.66. The summed E-state index contributed by atoms with van der Waals surface area (Å²) in [6.45, 7) is 0. The molecular weight excluding hydrogens is 168 g/mol. The van der Waals surface area contributed by atoms with Crippen LogP contribution in [-0.2, 0) is 0 Å². The number of carbonyl (C=O) groups is 1. The summed E-state index contributed by atoms with van der Waals surface area (Å²) in [6, 6.07) is 1.62. The van der Waals surface area contributed by atoms with E-state index in [1.165, 1.54) is 6.33 Å². The minimum atomic E-state index is 0.392. The molecule has 2 heterocycles. The molecule has 0 saturated carbocycles. The van der Waals surface area contributed by atoms with E-state index in [1.807, 2.05) is 0 Å². The Hall–Kier alpha value is -2.04. The molecule has 0 saturated heterocycles. The van der Waals surface area contributed by atoms with Gasteiger partial charge in [-0.05, 0) is 6.07 Å². The van der Waals surface area contributed by atoms with Crippen LogP contribution in [-0.4, -0.2) is 26.0 Å². The van der Waals surface area contributed by atoms with Crippen molar-refractivity contribution in [2.45, 2.75) is 0 Å². The van der Waals surface area contributed by atoms with E-state index in [0.29, 0.717) is 12.0 Å². The van der Waals surface area contributed by atoms with Crippen LogP contribution in [0.15, 0.2) is 31.0 Å². The van der Waals surface area contributed by atoms with Crippen molar-refractivity contribution in [1.82, 2.24) is 19.7 Å². The van der Waals surface area contributed by atoms with Gasteiger partial charge in [-0.15, -0.1) is 0 Å². The fraction of sp³-hybridized carbons (Fsp3) is 0. The Morgan fingerprint density at radius 2 is 2.08 bits per heavy atom. The highest BCUT2D eigenvalue weighted by atomic mass is 16.1. The third kappa shape index (κ3) is 1.44. The zero-order valence-electron chi connectivity index (χ0n) is 6.66. The fourth-order valence-electron chi connectivity index (χ4n) is 0.954. The summed E-state index contributed by atoms with van der Waals surface area (Å²) >= 11 is 0. The van der Waals surface area contributed by atoms with E-state index < -0.39 is 0 Å². The van der Waals surface area contributed by atoms with Gasteiger partial charge in [0.25, 0.3) is 0 Å². The van der Waals surface area contributed by atoms with E-state index >= 15 is 0 Å². The van der Waals surface area contributed by atoms with Crippen LogP contribution in [0.4, 0.5) is 0 Å². The molecule has 0 aromatic carbocycles. The lowest BCUT2D eigenvalue weighted by Gasteiger charge is -1.96. The highest BCUT2D eigenvalue weighted by molar-refractivity contribution is 5.71. The predicted molar refractivity (Wildman–Crippen MR) is 44.5 cm³/mol. The lowest BCUT2D eigenvalue weighted by Crippen LogP contribution is -1.96. The van der Waals surface area contributed by atoms with Crippen LogP contribution in [0.2, 0.25) is 0 Å². The summed E-state index contributed by atoms with van der Waals surface area (Å²) in [7, 11) is 0. The smallest absolute Gasteiger partial charge is 0.170 e. The number of aromatic nitrogens is 4. The molecule has 0 spiro atoms. The first-order valence-corrected chi connectivity index (χ1v) is 3.66. The maximum absolute atomic E-state index is 10.3. The van der Waals surface area contributed by atoms with Crippen LogP contribution < -0.4 is 0 Å². The molecule has 0 N–H and O–H groups in total. The third-order valence-corrected chi connectivity index (χ3v) is 1.54. The molecule has 0 aliphatic heterocycles. The molecule has 0 fully saturated rings. The number of hydrogen-bond acceptors (Lipinski definition) is 4. The maximum atomic E-state index is 10.3. The van der Waals surface area contributed by atoms with Crippen molar-refractivity contribution in [2.24, 2.45) is 0 Å². The van der Waals surface area contributed by atoms with E-state index in [0.717, 1.165) is 5.69 Å². The van der Waals surface area contributed by atoms with Crippen molar-refractivity contribution in [3.8, 4) is 5.69 Å². The standard InChI is InChI=1S/C8H6N4O/c13-5-7-1-2-12(11-7)8-3-9-6-10-4-8/h1-6H. The van der Waals surface area contributed by atoms with Gasteiger partial charge in [-0.3, -0.25) is 4.79 Å². The number of nitrogens with zero attached hydrogens (tertiary/aromatic N) is 4. The maximum Gasteiger partial charge on any atom is 0.170 e. The quantitative estimate of drug-likeness (QED) is 0.621. The fourth-order valence-corrected chi connectivity index (χ4v) is 0.954. The Bertz CT molecular complexity index is 409. The molecule has 2 aromatic rings. The number of rotatable bonds is 2. The van der Waals surface area contributed by atoms with Crippen molar-refractivity contribution in [3.63, 3.8) is 0 Å². The molecule has 2 rings (SSSR count). The van der Waals surface area contributed by atoms with Crippen molar-refractivity contribution in [2.75, 3.05) is 0 Å². The van der Waals surface area contributed by atoms with Gasteiger partial charge in [-0.2, -0.15) is 5.10 Å². The Morgan fingerprint density at radius 1 is 1.31 bits per heavy atom. The molecule has 5 nitrogen and oxygen atoms in total. The van der Waals surface area contributed by atoms with Gasteiger partial charge in [0.15, 0.2) is 6.29 Å². The lowest BCUT2D eigenvalue weighted by molar-refractivity contribution is 0.111. The lowest BCUT2D eigenvalue weighted by atomic mass is 10.5. The van der Waals surface area contributed by atoms with Crippen molar-refractivity contribution in [1.29, 1.82) is 0 Å². The topological polar surface area (TPSA) is 60.7 Å². The van der Waals surface area contributed by atoms with Crippen LogP contribution in [0, 0.1) is 0 Å². The van der Waals surface area contributed by atoms with Gasteiger partial charge < -0.3 is 0 Å². The number of carbonyl (C=O) groups excluding carboxylic acids is 1. The van der Waals surface area contributed by atoms with Gasteiger partial charge in [-0.25, -0.2) is 14.6 Å². The summed E-state index contributed by atoms with van der Waals surface area (Å²) in [6.07, 6.45) is 7.06. The number of hydrogen-bond donors (Lipinski definition) is 0. The summed E-state index contributed by atoms with van der Waals surface area (Å²) < 4.78 is 1.55. The largest absolute Gasteiger partial charge is 0.296 e. The van der Waals surface area contributed by atoms with Crippen LogP contribution in [0.1, 0.15) is 10.5 Å². The van der Waals surface area contributed by atoms with Gasteiger partial charge in [0, 0.05) is 6.20 Å². The van der Waals surface area contributed by atoms with Crippen LogP contribution in [0.5, 0.6) is 0 Å². The molecule has 13 heavy (non-hydrogen) atoms. The minimum absolute atomic E-state index is 0.392. The van der Waals surface area contributed by atoms with Crippen LogP contribution >= 0.6 is 0 Å². The molecule has 0 bridgehead atoms. The monoisotopic (exact) mass is 174 g/mol. The Morgan fingerprint density at radius 3 is 2.69 bits per heavy atom. The summed E-state index contributed by atoms with van der Waals surface area (Å²) in [5, 5.41) is 3.97. The van der Waals surface area contributed by atoms with Gasteiger partial charge in [0.1, 0.15) is 17.7 Å². The zero-order chi connectivity index (χ0) is 9.10. The van der Waals surface area contributed by atoms with Crippen molar-refractivity contribution < 1.29 is 4.79 Å². The van der Waals surface area contributed by atoms with E-state index in [9.17, 15) is 4.79 Å². The molecule has 0 radical (unpaired) electrons. The Labute approximate surface area is 74.1 Å². The van der Waals surface area contributed by atoms with Gasteiger partial charge in [0.05, 0.1) is 12.4 Å². The predicted octanol–water partition coefficient (Wildman–Crippen LogP) is 0.475. The molecule has 5 heteroatoms.